The number of carboxylic acid groups (broad SMARTS) is 1. The number of carbonyl (C=O) groups excluding carboxylic acids is 1. The Hall–Kier alpha value is -3.89. The van der Waals surface area contributed by atoms with Crippen LogP contribution in [0.1, 0.15) is 36.2 Å². The van der Waals surface area contributed by atoms with Gasteiger partial charge in [0.2, 0.25) is 0 Å². The number of pyridine rings is 1. The molecule has 11 nitrogen and oxygen atoms in total. The monoisotopic (exact) mass is 410 g/mol. The molecule has 3 aromatic rings. The van der Waals surface area contributed by atoms with Crippen molar-refractivity contribution in [3.05, 3.63) is 42.5 Å². The van der Waals surface area contributed by atoms with Crippen LogP contribution in [0, 0.1) is 0 Å². The zero-order valence-electron chi connectivity index (χ0n) is 16.1. The number of anilines is 3. The third kappa shape index (κ3) is 4.09. The molecular weight excluding hydrogens is 388 g/mol. The third-order valence-electron chi connectivity index (χ3n) is 5.09. The number of amides is 2. The number of primary amides is 1. The maximum atomic E-state index is 11.9. The van der Waals surface area contributed by atoms with E-state index in [0.717, 1.165) is 31.2 Å². The molecule has 2 atom stereocenters. The first-order chi connectivity index (χ1) is 14.5. The number of hydrogen-bond donors (Lipinski definition) is 5. The highest BCUT2D eigenvalue weighted by molar-refractivity contribution is 5.97. The number of nitrogens with zero attached hydrogens (tertiary/aromatic N) is 4. The van der Waals surface area contributed by atoms with E-state index < -0.39 is 12.0 Å². The normalized spacial score (nSPS) is 18.7. The molecule has 11 heteroatoms. The fourth-order valence-corrected chi connectivity index (χ4v) is 3.71. The first-order valence-corrected chi connectivity index (χ1v) is 9.63. The first-order valence-electron chi connectivity index (χ1n) is 9.63. The molecule has 2 amide bonds. The van der Waals surface area contributed by atoms with E-state index in [0.29, 0.717) is 11.5 Å². The average Bonchev–Trinajstić information content (AvgIpc) is 3.12. The lowest BCUT2D eigenvalue weighted by Crippen LogP contribution is -2.48. The number of fused-ring (bicyclic) bond motifs is 1. The van der Waals surface area contributed by atoms with Crippen LogP contribution in [-0.4, -0.2) is 48.8 Å². The molecule has 1 fully saturated rings. The van der Waals surface area contributed by atoms with Crippen LogP contribution in [0.3, 0.4) is 0 Å². The molecule has 30 heavy (non-hydrogen) atoms. The Kier molecular flexibility index (Phi) is 5.33. The van der Waals surface area contributed by atoms with Gasteiger partial charge in [0.1, 0.15) is 5.82 Å². The van der Waals surface area contributed by atoms with Crippen molar-refractivity contribution in [2.45, 2.75) is 37.8 Å². The van der Waals surface area contributed by atoms with E-state index in [2.05, 4.69) is 31.0 Å². The molecule has 3 aromatic heterocycles. The van der Waals surface area contributed by atoms with Crippen molar-refractivity contribution in [3.63, 3.8) is 0 Å². The number of carbonyl (C=O) groups is 2. The zero-order valence-corrected chi connectivity index (χ0v) is 16.1. The van der Waals surface area contributed by atoms with Crippen LogP contribution in [0.2, 0.25) is 0 Å². The number of nitrogens with one attached hydrogen (secondary N) is 3. The summed E-state index contributed by atoms with van der Waals surface area (Å²) >= 11 is 0. The van der Waals surface area contributed by atoms with Gasteiger partial charge in [-0.3, -0.25) is 4.79 Å². The van der Waals surface area contributed by atoms with Gasteiger partial charge in [0.25, 0.3) is 5.91 Å². The molecule has 0 aliphatic heterocycles. The maximum Gasteiger partial charge on any atom is 0.404 e. The number of nitrogens with two attached hydrogens (primary N) is 1. The van der Waals surface area contributed by atoms with Crippen molar-refractivity contribution in [1.29, 1.82) is 0 Å². The third-order valence-corrected chi connectivity index (χ3v) is 5.09. The van der Waals surface area contributed by atoms with E-state index in [-0.39, 0.29) is 23.6 Å². The highest BCUT2D eigenvalue weighted by atomic mass is 16.4. The highest BCUT2D eigenvalue weighted by Gasteiger charge is 2.27. The van der Waals surface area contributed by atoms with Crippen molar-refractivity contribution in [2.24, 2.45) is 5.73 Å². The van der Waals surface area contributed by atoms with Gasteiger partial charge in [0.05, 0.1) is 29.6 Å². The Labute approximate surface area is 171 Å². The van der Waals surface area contributed by atoms with Crippen LogP contribution in [0.15, 0.2) is 36.8 Å². The highest BCUT2D eigenvalue weighted by Crippen LogP contribution is 2.25. The second kappa shape index (κ2) is 8.23. The Bertz CT molecular complexity index is 1080. The van der Waals surface area contributed by atoms with Gasteiger partial charge in [0.15, 0.2) is 11.5 Å². The Morgan fingerprint density at radius 3 is 2.73 bits per heavy atom. The molecule has 0 radical (unpaired) electrons. The van der Waals surface area contributed by atoms with Crippen molar-refractivity contribution < 1.29 is 14.7 Å². The minimum absolute atomic E-state index is 0.000291. The van der Waals surface area contributed by atoms with Crippen LogP contribution in [-0.2, 0) is 0 Å². The van der Waals surface area contributed by atoms with E-state index in [9.17, 15) is 9.59 Å². The van der Waals surface area contributed by atoms with Crippen molar-refractivity contribution >= 4 is 34.8 Å². The second-order valence-corrected chi connectivity index (χ2v) is 7.12. The zero-order chi connectivity index (χ0) is 21.1. The molecule has 0 aromatic carbocycles. The largest absolute Gasteiger partial charge is 0.465 e. The maximum absolute atomic E-state index is 11.9. The molecule has 6 N–H and O–H groups in total. The summed E-state index contributed by atoms with van der Waals surface area (Å²) in [7, 11) is 0. The molecular formula is C19H22N8O3. The van der Waals surface area contributed by atoms with Crippen molar-refractivity contribution in [3.8, 4) is 0 Å². The molecule has 1 saturated carbocycles. The summed E-state index contributed by atoms with van der Waals surface area (Å²) in [5.74, 6) is -0.0935. The van der Waals surface area contributed by atoms with E-state index in [4.69, 9.17) is 10.8 Å². The predicted octanol–water partition coefficient (Wildman–Crippen LogP) is 1.96. The van der Waals surface area contributed by atoms with Gasteiger partial charge < -0.3 is 26.8 Å². The molecule has 0 unspecified atom stereocenters. The van der Waals surface area contributed by atoms with Gasteiger partial charge in [-0.25, -0.2) is 19.3 Å². The van der Waals surface area contributed by atoms with Crippen LogP contribution in [0.4, 0.5) is 22.1 Å². The Balaban J connectivity index is 1.61. The van der Waals surface area contributed by atoms with Crippen molar-refractivity contribution in [1.82, 2.24) is 24.9 Å². The Morgan fingerprint density at radius 2 is 1.97 bits per heavy atom. The molecule has 156 valence electrons. The van der Waals surface area contributed by atoms with Gasteiger partial charge in [-0.15, -0.1) is 0 Å². The minimum atomic E-state index is -1.06. The summed E-state index contributed by atoms with van der Waals surface area (Å²) in [6.45, 7) is 0. The van der Waals surface area contributed by atoms with E-state index >= 15 is 0 Å². The number of hydrogen-bond acceptors (Lipinski definition) is 7. The lowest BCUT2D eigenvalue weighted by Gasteiger charge is -2.32. The molecule has 0 saturated heterocycles. The molecule has 4 rings (SSSR count). The summed E-state index contributed by atoms with van der Waals surface area (Å²) in [5, 5.41) is 22.2. The van der Waals surface area contributed by atoms with Crippen LogP contribution in [0.25, 0.3) is 5.52 Å². The van der Waals surface area contributed by atoms with Gasteiger partial charge in [-0.05, 0) is 25.0 Å². The van der Waals surface area contributed by atoms with Crippen LogP contribution in [0.5, 0.6) is 0 Å². The summed E-state index contributed by atoms with van der Waals surface area (Å²) in [6, 6.07) is 5.24. The first kappa shape index (κ1) is 19.4. The number of rotatable bonds is 6. The molecule has 3 heterocycles. The van der Waals surface area contributed by atoms with Gasteiger partial charge in [0, 0.05) is 12.2 Å². The van der Waals surface area contributed by atoms with Crippen LogP contribution < -0.4 is 21.7 Å². The fraction of sp³-hybridized carbons (Fsp3) is 0.316. The smallest absolute Gasteiger partial charge is 0.404 e. The summed E-state index contributed by atoms with van der Waals surface area (Å²) in [4.78, 5) is 31.6. The topological polar surface area (TPSA) is 160 Å². The summed E-state index contributed by atoms with van der Waals surface area (Å²) < 4.78 is 1.69. The lowest BCUT2D eigenvalue weighted by atomic mass is 9.90. The lowest BCUT2D eigenvalue weighted by molar-refractivity contribution is 0.0996. The minimum Gasteiger partial charge on any atom is -0.465 e. The standard InChI is InChI=1S/C19H22N8O3/c20-17(28)16-18(24-13-9-22-27-8-4-3-7-14(13)27)26-15(10-21-16)23-11-5-1-2-6-12(11)25-19(29)30/h3-4,7-12,25H,1-2,5-6H2,(H2,20,28)(H,29,30)(H2,23,24,26)/t11-,12+/m1/s1. The van der Waals surface area contributed by atoms with E-state index in [1.807, 2.05) is 18.2 Å². The average molecular weight is 410 g/mol. The second-order valence-electron chi connectivity index (χ2n) is 7.12. The summed E-state index contributed by atoms with van der Waals surface area (Å²) in [6.07, 6.45) is 7.26. The van der Waals surface area contributed by atoms with Crippen LogP contribution >= 0.6 is 0 Å². The predicted molar refractivity (Wildman–Crippen MR) is 110 cm³/mol. The van der Waals surface area contributed by atoms with E-state index in [1.54, 1.807) is 16.9 Å². The molecule has 1 aliphatic carbocycles. The molecule has 1 aliphatic rings. The Morgan fingerprint density at radius 1 is 1.17 bits per heavy atom. The summed E-state index contributed by atoms with van der Waals surface area (Å²) in [5.41, 5.74) is 6.91. The molecule has 0 spiro atoms. The quantitative estimate of drug-likeness (QED) is 0.412. The van der Waals surface area contributed by atoms with Crippen molar-refractivity contribution in [2.75, 3.05) is 10.6 Å². The number of aromatic nitrogens is 4. The van der Waals surface area contributed by atoms with Gasteiger partial charge in [-0.2, -0.15) is 5.10 Å². The van der Waals surface area contributed by atoms with E-state index in [1.165, 1.54) is 6.20 Å². The molecule has 0 bridgehead atoms. The van der Waals surface area contributed by atoms with Gasteiger partial charge >= 0.3 is 6.09 Å². The van der Waals surface area contributed by atoms with Gasteiger partial charge in [-0.1, -0.05) is 18.9 Å². The SMILES string of the molecule is NC(=O)c1ncc(N[C@@H]2CCCC[C@@H]2NC(=O)O)nc1Nc1cnn2ccccc12. The fourth-order valence-electron chi connectivity index (χ4n) is 3.71.